The highest BCUT2D eigenvalue weighted by atomic mass is 19.3. The third-order valence-corrected chi connectivity index (χ3v) is 6.62. The number of fused-ring (bicyclic) bond motifs is 3. The molecule has 2 aliphatic heterocycles. The number of anilines is 1. The molecule has 0 saturated carbocycles. The van der Waals surface area contributed by atoms with Crippen LogP contribution in [0.5, 0.6) is 0 Å². The average Bonchev–Trinajstić information content (AvgIpc) is 3.57. The minimum Gasteiger partial charge on any atom is -0.356 e. The fourth-order valence-electron chi connectivity index (χ4n) is 5.02. The molecule has 14 heteroatoms. The Hall–Kier alpha value is -3.65. The molecule has 1 N–H and O–H groups in total. The molecular weight excluding hydrogens is 496 g/mol. The quantitative estimate of drug-likeness (QED) is 0.383. The number of aromatic amines is 1. The Balaban J connectivity index is 1.44. The van der Waals surface area contributed by atoms with Crippen molar-refractivity contribution in [1.29, 1.82) is 0 Å². The van der Waals surface area contributed by atoms with Gasteiger partial charge in [-0.3, -0.25) is 0 Å². The fraction of sp³-hybridized carbons (Fsp3) is 0.435. The van der Waals surface area contributed by atoms with Gasteiger partial charge in [-0.15, -0.1) is 0 Å². The van der Waals surface area contributed by atoms with Crippen LogP contribution in [0.1, 0.15) is 48.2 Å². The third kappa shape index (κ3) is 4.50. The van der Waals surface area contributed by atoms with Gasteiger partial charge in [-0.25, -0.2) is 22.5 Å². The van der Waals surface area contributed by atoms with Crippen LogP contribution in [0.3, 0.4) is 0 Å². The van der Waals surface area contributed by atoms with Gasteiger partial charge >= 0.3 is 0 Å². The molecule has 3 aromatic heterocycles. The Bertz CT molecular complexity index is 1360. The van der Waals surface area contributed by atoms with Crippen molar-refractivity contribution in [3.63, 3.8) is 0 Å². The van der Waals surface area contributed by atoms with Crippen LogP contribution in [0.2, 0.25) is 0 Å². The van der Waals surface area contributed by atoms with Gasteiger partial charge < -0.3 is 19.4 Å². The van der Waals surface area contributed by atoms with Gasteiger partial charge in [0.2, 0.25) is 17.6 Å². The van der Waals surface area contributed by atoms with Gasteiger partial charge in [0.05, 0.1) is 37.3 Å². The molecule has 0 amide bonds. The highest BCUT2D eigenvalue weighted by Crippen LogP contribution is 2.40. The predicted molar refractivity (Wildman–Crippen MR) is 122 cm³/mol. The summed E-state index contributed by atoms with van der Waals surface area (Å²) >= 11 is 0. The first kappa shape index (κ1) is 23.7. The molecule has 0 radical (unpaired) electrons. The predicted octanol–water partition coefficient (Wildman–Crippen LogP) is 3.92. The summed E-state index contributed by atoms with van der Waals surface area (Å²) in [7, 11) is 0. The van der Waals surface area contributed by atoms with E-state index in [-0.39, 0.29) is 18.7 Å². The summed E-state index contributed by atoms with van der Waals surface area (Å²) in [6.45, 7) is 1.45. The van der Waals surface area contributed by atoms with E-state index in [2.05, 4.69) is 30.1 Å². The van der Waals surface area contributed by atoms with E-state index in [4.69, 9.17) is 9.47 Å². The van der Waals surface area contributed by atoms with Gasteiger partial charge in [0, 0.05) is 29.1 Å². The molecule has 1 aromatic carbocycles. The van der Waals surface area contributed by atoms with Crippen LogP contribution in [0, 0.1) is 5.92 Å². The molecule has 2 aliphatic rings. The molecule has 10 nitrogen and oxygen atoms in total. The van der Waals surface area contributed by atoms with Gasteiger partial charge in [-0.1, -0.05) is 0 Å². The summed E-state index contributed by atoms with van der Waals surface area (Å²) in [5.74, 6) is -2.15. The van der Waals surface area contributed by atoms with Gasteiger partial charge in [-0.2, -0.15) is 25.0 Å². The Morgan fingerprint density at radius 2 is 1.68 bits per heavy atom. The van der Waals surface area contributed by atoms with E-state index >= 15 is 0 Å². The zero-order valence-corrected chi connectivity index (χ0v) is 19.4. The minimum atomic E-state index is -3.11. The number of rotatable bonds is 6. The van der Waals surface area contributed by atoms with E-state index < -0.39 is 30.5 Å². The van der Waals surface area contributed by atoms with Crippen LogP contribution in [0.15, 0.2) is 30.6 Å². The van der Waals surface area contributed by atoms with Crippen LogP contribution in [-0.4, -0.2) is 61.5 Å². The number of hydrogen-bond acceptors (Lipinski definition) is 8. The zero-order valence-electron chi connectivity index (χ0n) is 19.4. The average molecular weight is 518 g/mol. The molecule has 1 atom stereocenters. The number of H-pyrrole nitrogens is 1. The Kier molecular flexibility index (Phi) is 6.20. The minimum absolute atomic E-state index is 0.00609. The summed E-state index contributed by atoms with van der Waals surface area (Å²) in [6.07, 6.45) is -2.02. The van der Waals surface area contributed by atoms with Crippen LogP contribution >= 0.6 is 0 Å². The standard InChI is InChI=1S/C23H22F4N8O2/c24-19(25)21-31-22(20(26)27)33-23(32-21)34-6-3-14-15-8-13(35-28-4-5-29-35)1-2-16(15)30-18(14)17(34)7-12-9-36-11-37-10-12/h1-2,4-5,8,12,17,19-20,30H,3,6-7,9-11H2/t17-/m0/s1. The normalized spacial score (nSPS) is 18.8. The van der Waals surface area contributed by atoms with Crippen molar-refractivity contribution in [2.45, 2.75) is 31.7 Å². The smallest absolute Gasteiger partial charge is 0.297 e. The molecule has 1 fully saturated rings. The molecule has 194 valence electrons. The number of hydrogen-bond donors (Lipinski definition) is 1. The van der Waals surface area contributed by atoms with Crippen molar-refractivity contribution >= 4 is 16.9 Å². The monoisotopic (exact) mass is 518 g/mol. The second-order valence-electron chi connectivity index (χ2n) is 8.94. The van der Waals surface area contributed by atoms with Crippen molar-refractivity contribution in [3.8, 4) is 5.69 Å². The number of ether oxygens (including phenoxy) is 2. The Morgan fingerprint density at radius 3 is 2.35 bits per heavy atom. The van der Waals surface area contributed by atoms with E-state index in [1.54, 1.807) is 17.3 Å². The first-order valence-corrected chi connectivity index (χ1v) is 11.7. The highest BCUT2D eigenvalue weighted by molar-refractivity contribution is 5.87. The van der Waals surface area contributed by atoms with E-state index in [9.17, 15) is 17.6 Å². The van der Waals surface area contributed by atoms with Gasteiger partial charge in [0.25, 0.3) is 12.9 Å². The van der Waals surface area contributed by atoms with E-state index in [1.165, 1.54) is 4.80 Å². The molecule has 0 spiro atoms. The SMILES string of the molecule is FC(F)c1nc(C(F)F)nc(N2CCc3c([nH]c4ccc(-n5nccn5)cc34)[C@@H]2CC2COCOC2)n1. The maximum atomic E-state index is 13.5. The van der Waals surface area contributed by atoms with Crippen molar-refractivity contribution in [2.24, 2.45) is 5.92 Å². The van der Waals surface area contributed by atoms with Crippen molar-refractivity contribution < 1.29 is 27.0 Å². The number of benzene rings is 1. The zero-order chi connectivity index (χ0) is 25.5. The lowest BCUT2D eigenvalue weighted by molar-refractivity contribution is -0.128. The van der Waals surface area contributed by atoms with Gasteiger partial charge in [0.15, 0.2) is 0 Å². The number of nitrogens with zero attached hydrogens (tertiary/aromatic N) is 7. The molecule has 0 bridgehead atoms. The van der Waals surface area contributed by atoms with Crippen molar-refractivity contribution in [1.82, 2.24) is 34.9 Å². The number of alkyl halides is 4. The third-order valence-electron chi connectivity index (χ3n) is 6.62. The Labute approximate surface area is 207 Å². The van der Waals surface area contributed by atoms with Crippen LogP contribution in [-0.2, 0) is 15.9 Å². The molecule has 37 heavy (non-hydrogen) atoms. The molecule has 4 aromatic rings. The fourth-order valence-corrected chi connectivity index (χ4v) is 5.02. The lowest BCUT2D eigenvalue weighted by Gasteiger charge is -2.38. The summed E-state index contributed by atoms with van der Waals surface area (Å²) in [4.78, 5) is 17.7. The first-order chi connectivity index (χ1) is 18.0. The molecule has 0 aliphatic carbocycles. The molecule has 1 saturated heterocycles. The second-order valence-corrected chi connectivity index (χ2v) is 8.94. The summed E-state index contributed by atoms with van der Waals surface area (Å²) in [5.41, 5.74) is 3.55. The van der Waals surface area contributed by atoms with Crippen LogP contribution < -0.4 is 4.90 Å². The first-order valence-electron chi connectivity index (χ1n) is 11.7. The lowest BCUT2D eigenvalue weighted by Crippen LogP contribution is -2.39. The second kappa shape index (κ2) is 9.67. The van der Waals surface area contributed by atoms with Gasteiger partial charge in [-0.05, 0) is 36.6 Å². The summed E-state index contributed by atoms with van der Waals surface area (Å²) in [6, 6.07) is 5.37. The van der Waals surface area contributed by atoms with Crippen molar-refractivity contribution in [2.75, 3.05) is 31.5 Å². The largest absolute Gasteiger partial charge is 0.356 e. The van der Waals surface area contributed by atoms with E-state index in [0.717, 1.165) is 27.8 Å². The van der Waals surface area contributed by atoms with Crippen LogP contribution in [0.25, 0.3) is 16.6 Å². The molecule has 0 unspecified atom stereocenters. The lowest BCUT2D eigenvalue weighted by atomic mass is 9.90. The van der Waals surface area contributed by atoms with Crippen LogP contribution in [0.4, 0.5) is 23.5 Å². The summed E-state index contributed by atoms with van der Waals surface area (Å²) in [5, 5.41) is 9.36. The van der Waals surface area contributed by atoms with E-state index in [0.29, 0.717) is 32.6 Å². The van der Waals surface area contributed by atoms with E-state index in [1.807, 2.05) is 18.2 Å². The van der Waals surface area contributed by atoms with Gasteiger partial charge in [0.1, 0.15) is 6.79 Å². The highest BCUT2D eigenvalue weighted by Gasteiger charge is 2.36. The number of aromatic nitrogens is 7. The molecular formula is C23H22F4N8O2. The topological polar surface area (TPSA) is 107 Å². The number of halogens is 4. The van der Waals surface area contributed by atoms with Crippen molar-refractivity contribution in [3.05, 3.63) is 53.5 Å². The maximum absolute atomic E-state index is 13.5. The molecule has 6 rings (SSSR count). The number of nitrogens with one attached hydrogen (secondary N) is 1. The maximum Gasteiger partial charge on any atom is 0.297 e. The summed E-state index contributed by atoms with van der Waals surface area (Å²) < 4.78 is 64.9. The Morgan fingerprint density at radius 1 is 0.973 bits per heavy atom. The molecule has 5 heterocycles.